The molecule has 3 rings (SSSR count). The van der Waals surface area contributed by atoms with Crippen molar-refractivity contribution in [3.05, 3.63) is 65.2 Å². The third-order valence-electron chi connectivity index (χ3n) is 3.73. The monoisotopic (exact) mass is 289 g/mol. The Balaban J connectivity index is 2.05. The van der Waals surface area contributed by atoms with E-state index >= 15 is 0 Å². The normalized spacial score (nSPS) is 17.4. The van der Waals surface area contributed by atoms with Gasteiger partial charge in [0.05, 0.1) is 0 Å². The summed E-state index contributed by atoms with van der Waals surface area (Å²) < 4.78 is 26.3. The Bertz CT molecular complexity index is 685. The van der Waals surface area contributed by atoms with Crippen LogP contribution in [0.15, 0.2) is 42.5 Å². The van der Waals surface area contributed by atoms with Crippen LogP contribution < -0.4 is 4.90 Å². The van der Waals surface area contributed by atoms with Crippen LogP contribution in [0.25, 0.3) is 0 Å². The molecule has 2 aromatic rings. The van der Waals surface area contributed by atoms with Crippen LogP contribution in [-0.2, 0) is 11.2 Å². The molecule has 0 saturated carbocycles. The molecule has 108 valence electrons. The predicted molar refractivity (Wildman–Crippen MR) is 74.2 cm³/mol. The molecule has 0 aliphatic carbocycles. The number of rotatable bonds is 2. The van der Waals surface area contributed by atoms with Crippen LogP contribution >= 0.6 is 0 Å². The number of benzene rings is 2. The minimum Gasteiger partial charge on any atom is -0.479 e. The number of hydrogen-bond acceptors (Lipinski definition) is 2. The molecule has 1 unspecified atom stereocenters. The number of carboxylic acids is 1. The molecular weight excluding hydrogens is 276 g/mol. The molecular formula is C16H13F2NO2. The standard InChI is InChI=1S/C16H13F2NO2/c17-11-1-4-13(5-2-11)19-8-7-10-9-12(18)3-6-14(10)15(19)16(20)21/h1-6,9,15H,7-8H2,(H,20,21). The first-order chi connectivity index (χ1) is 10.1. The number of anilines is 1. The van der Waals surface area contributed by atoms with Crippen molar-refractivity contribution in [2.24, 2.45) is 0 Å². The van der Waals surface area contributed by atoms with E-state index in [0.717, 1.165) is 0 Å². The molecule has 0 radical (unpaired) electrons. The van der Waals surface area contributed by atoms with Crippen molar-refractivity contribution in [1.29, 1.82) is 0 Å². The smallest absolute Gasteiger partial charge is 0.331 e. The lowest BCUT2D eigenvalue weighted by Crippen LogP contribution is -2.39. The first-order valence-electron chi connectivity index (χ1n) is 6.59. The van der Waals surface area contributed by atoms with Crippen LogP contribution in [0.4, 0.5) is 14.5 Å². The number of nitrogens with zero attached hydrogens (tertiary/aromatic N) is 1. The van der Waals surface area contributed by atoms with Gasteiger partial charge in [0.2, 0.25) is 0 Å². The van der Waals surface area contributed by atoms with Crippen molar-refractivity contribution in [2.75, 3.05) is 11.4 Å². The molecule has 1 aliphatic heterocycles. The molecule has 1 aliphatic rings. The Hall–Kier alpha value is -2.43. The van der Waals surface area contributed by atoms with Gasteiger partial charge >= 0.3 is 5.97 Å². The average Bonchev–Trinajstić information content (AvgIpc) is 2.46. The highest BCUT2D eigenvalue weighted by atomic mass is 19.1. The van der Waals surface area contributed by atoms with Crippen molar-refractivity contribution in [2.45, 2.75) is 12.5 Å². The Kier molecular flexibility index (Phi) is 3.33. The van der Waals surface area contributed by atoms with E-state index in [-0.39, 0.29) is 11.6 Å². The Morgan fingerprint density at radius 2 is 1.76 bits per heavy atom. The molecule has 0 bridgehead atoms. The SMILES string of the molecule is O=C(O)C1c2ccc(F)cc2CCN1c1ccc(F)cc1. The number of fused-ring (bicyclic) bond motifs is 1. The summed E-state index contributed by atoms with van der Waals surface area (Å²) in [7, 11) is 0. The molecule has 0 fully saturated rings. The zero-order valence-electron chi connectivity index (χ0n) is 11.1. The first-order valence-corrected chi connectivity index (χ1v) is 6.59. The summed E-state index contributed by atoms with van der Waals surface area (Å²) in [6.45, 7) is 0.444. The maximum Gasteiger partial charge on any atom is 0.331 e. The summed E-state index contributed by atoms with van der Waals surface area (Å²) in [4.78, 5) is 13.3. The topological polar surface area (TPSA) is 40.5 Å². The van der Waals surface area contributed by atoms with Gasteiger partial charge in [-0.1, -0.05) is 6.07 Å². The third-order valence-corrected chi connectivity index (χ3v) is 3.73. The molecule has 2 aromatic carbocycles. The van der Waals surface area contributed by atoms with Crippen LogP contribution in [0, 0.1) is 11.6 Å². The third kappa shape index (κ3) is 2.46. The van der Waals surface area contributed by atoms with E-state index in [1.807, 2.05) is 0 Å². The molecule has 0 aromatic heterocycles. The van der Waals surface area contributed by atoms with Gasteiger partial charge in [-0.25, -0.2) is 13.6 Å². The summed E-state index contributed by atoms with van der Waals surface area (Å²) in [6, 6.07) is 8.98. The van der Waals surface area contributed by atoms with Gasteiger partial charge in [0.15, 0.2) is 6.04 Å². The summed E-state index contributed by atoms with van der Waals surface area (Å²) in [5.41, 5.74) is 1.93. The van der Waals surface area contributed by atoms with Crippen molar-refractivity contribution in [3.63, 3.8) is 0 Å². The lowest BCUT2D eigenvalue weighted by atomic mass is 9.92. The van der Waals surface area contributed by atoms with Gasteiger partial charge in [-0.3, -0.25) is 0 Å². The largest absolute Gasteiger partial charge is 0.479 e. The highest BCUT2D eigenvalue weighted by Gasteiger charge is 2.33. The van der Waals surface area contributed by atoms with Gasteiger partial charge in [-0.2, -0.15) is 0 Å². The van der Waals surface area contributed by atoms with E-state index in [4.69, 9.17) is 0 Å². The lowest BCUT2D eigenvalue weighted by molar-refractivity contribution is -0.138. The number of hydrogen-bond donors (Lipinski definition) is 1. The van der Waals surface area contributed by atoms with E-state index in [0.29, 0.717) is 29.8 Å². The van der Waals surface area contributed by atoms with E-state index in [2.05, 4.69) is 0 Å². The quantitative estimate of drug-likeness (QED) is 0.923. The van der Waals surface area contributed by atoms with Gasteiger partial charge in [-0.15, -0.1) is 0 Å². The number of carbonyl (C=O) groups is 1. The van der Waals surface area contributed by atoms with Crippen molar-refractivity contribution in [1.82, 2.24) is 0 Å². The second-order valence-corrected chi connectivity index (χ2v) is 5.00. The fraction of sp³-hybridized carbons (Fsp3) is 0.188. The van der Waals surface area contributed by atoms with Crippen LogP contribution in [0.5, 0.6) is 0 Å². The zero-order chi connectivity index (χ0) is 15.0. The Morgan fingerprint density at radius 3 is 2.43 bits per heavy atom. The summed E-state index contributed by atoms with van der Waals surface area (Å²) in [5, 5.41) is 9.53. The fourth-order valence-electron chi connectivity index (χ4n) is 2.77. The molecule has 0 saturated heterocycles. The first kappa shape index (κ1) is 13.5. The van der Waals surface area contributed by atoms with Crippen molar-refractivity contribution >= 4 is 11.7 Å². The molecule has 0 amide bonds. The van der Waals surface area contributed by atoms with E-state index in [9.17, 15) is 18.7 Å². The lowest BCUT2D eigenvalue weighted by Gasteiger charge is -2.36. The molecule has 0 spiro atoms. The van der Waals surface area contributed by atoms with Crippen molar-refractivity contribution in [3.8, 4) is 0 Å². The van der Waals surface area contributed by atoms with Crippen LogP contribution in [0.3, 0.4) is 0 Å². The number of aliphatic carboxylic acids is 1. The van der Waals surface area contributed by atoms with Gasteiger partial charge < -0.3 is 10.0 Å². The number of halogens is 2. The molecule has 21 heavy (non-hydrogen) atoms. The highest BCUT2D eigenvalue weighted by Crippen LogP contribution is 2.34. The van der Waals surface area contributed by atoms with Crippen LogP contribution in [-0.4, -0.2) is 17.6 Å². The van der Waals surface area contributed by atoms with Gasteiger partial charge in [0.1, 0.15) is 11.6 Å². The average molecular weight is 289 g/mol. The molecule has 3 nitrogen and oxygen atoms in total. The molecule has 1 heterocycles. The fourth-order valence-corrected chi connectivity index (χ4v) is 2.77. The molecule has 1 atom stereocenters. The zero-order valence-corrected chi connectivity index (χ0v) is 11.1. The summed E-state index contributed by atoms with van der Waals surface area (Å²) in [5.74, 6) is -1.75. The minimum atomic E-state index is -1.01. The second-order valence-electron chi connectivity index (χ2n) is 5.00. The number of carboxylic acid groups (broad SMARTS) is 1. The Morgan fingerprint density at radius 1 is 1.10 bits per heavy atom. The van der Waals surface area contributed by atoms with Crippen molar-refractivity contribution < 1.29 is 18.7 Å². The minimum absolute atomic E-state index is 0.367. The van der Waals surface area contributed by atoms with Crippen LogP contribution in [0.1, 0.15) is 17.2 Å². The maximum atomic E-state index is 13.3. The maximum absolute atomic E-state index is 13.3. The molecule has 1 N–H and O–H groups in total. The summed E-state index contributed by atoms with van der Waals surface area (Å²) in [6.07, 6.45) is 0.550. The van der Waals surface area contributed by atoms with Gasteiger partial charge in [-0.05, 0) is 53.9 Å². The van der Waals surface area contributed by atoms with Crippen LogP contribution in [0.2, 0.25) is 0 Å². The highest BCUT2D eigenvalue weighted by molar-refractivity contribution is 5.81. The summed E-state index contributed by atoms with van der Waals surface area (Å²) >= 11 is 0. The van der Waals surface area contributed by atoms with Gasteiger partial charge in [0.25, 0.3) is 0 Å². The Labute approximate surface area is 120 Å². The predicted octanol–water partition coefficient (Wildman–Crippen LogP) is 3.15. The molecule has 5 heteroatoms. The van der Waals surface area contributed by atoms with E-state index < -0.39 is 12.0 Å². The van der Waals surface area contributed by atoms with E-state index in [1.54, 1.807) is 17.0 Å². The second kappa shape index (κ2) is 5.16. The van der Waals surface area contributed by atoms with E-state index in [1.165, 1.54) is 30.3 Å². The van der Waals surface area contributed by atoms with Gasteiger partial charge in [0, 0.05) is 12.2 Å².